The quantitative estimate of drug-likeness (QED) is 0.629. The number of benzene rings is 1. The van der Waals surface area contributed by atoms with Crippen molar-refractivity contribution in [3.05, 3.63) is 30.3 Å². The predicted octanol–water partition coefficient (Wildman–Crippen LogP) is 1.84. The highest BCUT2D eigenvalue weighted by Gasteiger charge is 2.00. The average molecular weight is 159 g/mol. The lowest BCUT2D eigenvalue weighted by Crippen LogP contribution is -2.22. The molecule has 2 heteroatoms. The first-order chi connectivity index (χ1) is 5.88. The number of hydrogen-bond donors (Lipinski definition) is 0. The fourth-order valence-corrected chi connectivity index (χ4v) is 1.06. The van der Waals surface area contributed by atoms with Gasteiger partial charge in [-0.25, -0.2) is 0 Å². The molecule has 1 radical (unpaired) electrons. The molecule has 0 aromatic heterocycles. The van der Waals surface area contributed by atoms with Crippen LogP contribution in [0.25, 0.3) is 0 Å². The molecule has 0 amide bonds. The lowest BCUT2D eigenvalue weighted by Gasteiger charge is -2.18. The van der Waals surface area contributed by atoms with Gasteiger partial charge in [-0.1, -0.05) is 12.1 Å². The molecule has 0 saturated carbocycles. The van der Waals surface area contributed by atoms with Crippen LogP contribution in [-0.2, 0) is 0 Å². The first-order valence-electron chi connectivity index (χ1n) is 3.96. The molecule has 0 fully saturated rings. The van der Waals surface area contributed by atoms with Crippen LogP contribution in [0.4, 0.5) is 5.69 Å². The third kappa shape index (κ3) is 2.00. The van der Waals surface area contributed by atoms with E-state index in [0.717, 1.165) is 12.2 Å². The maximum Gasteiger partial charge on any atom is 0.105 e. The zero-order valence-electron chi connectivity index (χ0n) is 7.12. The third-order valence-electron chi connectivity index (χ3n) is 1.71. The Balaban J connectivity index is 2.75. The second kappa shape index (κ2) is 4.40. The van der Waals surface area contributed by atoms with Crippen LogP contribution in [0.2, 0.25) is 0 Å². The molecule has 0 spiro atoms. The molecular weight excluding hydrogens is 148 g/mol. The van der Waals surface area contributed by atoms with Crippen LogP contribution in [-0.4, -0.2) is 13.1 Å². The smallest absolute Gasteiger partial charge is 0.105 e. The summed E-state index contributed by atoms with van der Waals surface area (Å²) in [6.07, 6.45) is 0. The minimum absolute atomic E-state index is 0.445. The number of hydrogen-bond acceptors (Lipinski definition) is 2. The Labute approximate surface area is 73.0 Å². The molecular formula is C10H11N2. The molecule has 12 heavy (non-hydrogen) atoms. The predicted molar refractivity (Wildman–Crippen MR) is 48.8 cm³/mol. The van der Waals surface area contributed by atoms with E-state index in [1.165, 1.54) is 0 Å². The summed E-state index contributed by atoms with van der Waals surface area (Å²) >= 11 is 0. The van der Waals surface area contributed by atoms with Crippen molar-refractivity contribution in [3.63, 3.8) is 0 Å². The van der Waals surface area contributed by atoms with Gasteiger partial charge < -0.3 is 4.90 Å². The van der Waals surface area contributed by atoms with Crippen LogP contribution >= 0.6 is 0 Å². The van der Waals surface area contributed by atoms with Crippen LogP contribution in [0.1, 0.15) is 6.92 Å². The lowest BCUT2D eigenvalue weighted by atomic mass is 10.3. The van der Waals surface area contributed by atoms with E-state index >= 15 is 0 Å². The fraction of sp³-hybridized carbons (Fsp3) is 0.300. The van der Waals surface area contributed by atoms with Gasteiger partial charge in [0, 0.05) is 12.2 Å². The van der Waals surface area contributed by atoms with Crippen molar-refractivity contribution in [2.75, 3.05) is 18.0 Å². The summed E-state index contributed by atoms with van der Waals surface area (Å²) in [5.41, 5.74) is 1.08. The van der Waals surface area contributed by atoms with Crippen LogP contribution in [0, 0.1) is 17.4 Å². The summed E-state index contributed by atoms with van der Waals surface area (Å²) < 4.78 is 0. The van der Waals surface area contributed by atoms with Gasteiger partial charge in [-0.15, -0.1) is 0 Å². The molecule has 0 N–H and O–H groups in total. The van der Waals surface area contributed by atoms with Gasteiger partial charge in [0.15, 0.2) is 0 Å². The van der Waals surface area contributed by atoms with Gasteiger partial charge in [0.25, 0.3) is 0 Å². The zero-order chi connectivity index (χ0) is 8.81. The van der Waals surface area contributed by atoms with Crippen molar-refractivity contribution in [3.8, 4) is 6.07 Å². The van der Waals surface area contributed by atoms with E-state index in [1.807, 2.05) is 36.1 Å². The van der Waals surface area contributed by atoms with Crippen molar-refractivity contribution in [2.45, 2.75) is 6.92 Å². The first kappa shape index (κ1) is 8.61. The molecule has 0 atom stereocenters. The Hall–Kier alpha value is -1.49. The highest BCUT2D eigenvalue weighted by atomic mass is 15.1. The number of nitrogens with zero attached hydrogens (tertiary/aromatic N) is 2. The number of anilines is 1. The number of nitriles is 1. The van der Waals surface area contributed by atoms with Gasteiger partial charge in [-0.3, -0.25) is 0 Å². The summed E-state index contributed by atoms with van der Waals surface area (Å²) in [6, 6.07) is 12.7. The van der Waals surface area contributed by atoms with E-state index in [0.29, 0.717) is 6.54 Å². The Morgan fingerprint density at radius 2 is 2.17 bits per heavy atom. The second-order valence-corrected chi connectivity index (χ2v) is 2.43. The lowest BCUT2D eigenvalue weighted by molar-refractivity contribution is 0.911. The number of rotatable bonds is 3. The van der Waals surface area contributed by atoms with E-state index in [2.05, 4.69) is 12.1 Å². The topological polar surface area (TPSA) is 27.0 Å². The van der Waals surface area contributed by atoms with Gasteiger partial charge in [-0.2, -0.15) is 5.26 Å². The molecule has 0 aliphatic heterocycles. The minimum Gasteiger partial charge on any atom is -0.358 e. The molecule has 0 bridgehead atoms. The van der Waals surface area contributed by atoms with Crippen LogP contribution in [0.3, 0.4) is 0 Å². The van der Waals surface area contributed by atoms with Crippen LogP contribution < -0.4 is 4.90 Å². The van der Waals surface area contributed by atoms with E-state index in [-0.39, 0.29) is 0 Å². The molecule has 0 heterocycles. The maximum atomic E-state index is 8.53. The molecule has 2 nitrogen and oxygen atoms in total. The SMILES string of the molecule is CCN(CC#N)c1cc[c]cc1. The fourth-order valence-electron chi connectivity index (χ4n) is 1.06. The Kier molecular flexibility index (Phi) is 3.16. The molecule has 61 valence electrons. The standard InChI is InChI=1S/C10H11N2/c1-2-12(9-8-11)10-6-4-3-5-7-10/h4-7H,2,9H2,1H3. The monoisotopic (exact) mass is 159 g/mol. The Morgan fingerprint density at radius 3 is 2.67 bits per heavy atom. The summed E-state index contributed by atoms with van der Waals surface area (Å²) in [7, 11) is 0. The normalized spacial score (nSPS) is 9.00. The van der Waals surface area contributed by atoms with Crippen LogP contribution in [0.15, 0.2) is 24.3 Å². The molecule has 0 saturated heterocycles. The maximum absolute atomic E-state index is 8.53. The van der Waals surface area contributed by atoms with Crippen molar-refractivity contribution < 1.29 is 0 Å². The molecule has 1 aromatic rings. The van der Waals surface area contributed by atoms with E-state index in [1.54, 1.807) is 0 Å². The van der Waals surface area contributed by atoms with E-state index in [4.69, 9.17) is 5.26 Å². The average Bonchev–Trinajstić information content (AvgIpc) is 2.15. The minimum atomic E-state index is 0.445. The van der Waals surface area contributed by atoms with Gasteiger partial charge in [0.2, 0.25) is 0 Å². The summed E-state index contributed by atoms with van der Waals surface area (Å²) in [5, 5.41) is 8.53. The highest BCUT2D eigenvalue weighted by molar-refractivity contribution is 5.46. The van der Waals surface area contributed by atoms with Crippen molar-refractivity contribution in [1.29, 1.82) is 5.26 Å². The Bertz CT molecular complexity index is 261. The summed E-state index contributed by atoms with van der Waals surface area (Å²) in [4.78, 5) is 2.01. The van der Waals surface area contributed by atoms with Gasteiger partial charge in [0.1, 0.15) is 6.54 Å². The van der Waals surface area contributed by atoms with E-state index in [9.17, 15) is 0 Å². The molecule has 1 rings (SSSR count). The van der Waals surface area contributed by atoms with Gasteiger partial charge in [-0.05, 0) is 25.1 Å². The largest absolute Gasteiger partial charge is 0.358 e. The van der Waals surface area contributed by atoms with Gasteiger partial charge in [0.05, 0.1) is 6.07 Å². The summed E-state index contributed by atoms with van der Waals surface area (Å²) in [6.45, 7) is 3.34. The molecule has 0 aliphatic carbocycles. The highest BCUT2D eigenvalue weighted by Crippen LogP contribution is 2.11. The summed E-state index contributed by atoms with van der Waals surface area (Å²) in [5.74, 6) is 0. The van der Waals surface area contributed by atoms with Crippen molar-refractivity contribution >= 4 is 5.69 Å². The molecule has 1 aromatic carbocycles. The molecule has 0 aliphatic rings. The first-order valence-corrected chi connectivity index (χ1v) is 3.96. The third-order valence-corrected chi connectivity index (χ3v) is 1.71. The second-order valence-electron chi connectivity index (χ2n) is 2.43. The van der Waals surface area contributed by atoms with Gasteiger partial charge >= 0.3 is 0 Å². The molecule has 0 unspecified atom stereocenters. The van der Waals surface area contributed by atoms with Crippen molar-refractivity contribution in [2.24, 2.45) is 0 Å². The zero-order valence-corrected chi connectivity index (χ0v) is 7.12. The Morgan fingerprint density at radius 1 is 1.50 bits per heavy atom. The van der Waals surface area contributed by atoms with Crippen LogP contribution in [0.5, 0.6) is 0 Å². The van der Waals surface area contributed by atoms with Crippen molar-refractivity contribution in [1.82, 2.24) is 0 Å². The van der Waals surface area contributed by atoms with E-state index < -0.39 is 0 Å².